The fourth-order valence-corrected chi connectivity index (χ4v) is 7.28. The topological polar surface area (TPSA) is 223 Å². The van der Waals surface area contributed by atoms with E-state index in [1.807, 2.05) is 12.1 Å². The van der Waals surface area contributed by atoms with Crippen LogP contribution in [0, 0.1) is 0 Å². The van der Waals surface area contributed by atoms with Crippen LogP contribution in [0.1, 0.15) is 82.8 Å². The molecule has 5 N–H and O–H groups in total. The van der Waals surface area contributed by atoms with Gasteiger partial charge in [0.25, 0.3) is 0 Å². The SMILES string of the molecule is COC(=O)C[C@@](O)(CCCC(C)(C)O)C(=O)O[C@@H]1C(OC)=C[C@]23CCC[NH+]2CCc2cc4c(cc2[C@H]13)OCO4.C[C@](O)(CC(=O)O)C(=O)[O-]. The Morgan fingerprint density at radius 2 is 1.69 bits per heavy atom. The molecule has 0 saturated carbocycles. The van der Waals surface area contributed by atoms with Gasteiger partial charge in [0.05, 0.1) is 57.6 Å². The summed E-state index contributed by atoms with van der Waals surface area (Å²) in [5, 5.41) is 48.3. The van der Waals surface area contributed by atoms with Gasteiger partial charge in [-0.1, -0.05) is 0 Å². The van der Waals surface area contributed by atoms with E-state index in [0.29, 0.717) is 30.1 Å². The van der Waals surface area contributed by atoms with Gasteiger partial charge in [-0.3, -0.25) is 9.59 Å². The van der Waals surface area contributed by atoms with Crippen LogP contribution in [-0.4, -0.2) is 107 Å². The number of carbonyl (C=O) groups is 4. The van der Waals surface area contributed by atoms with Crippen molar-refractivity contribution in [2.45, 2.75) is 107 Å². The van der Waals surface area contributed by atoms with Gasteiger partial charge in [0.1, 0.15) is 16.9 Å². The van der Waals surface area contributed by atoms with E-state index in [1.165, 1.54) is 12.0 Å². The first kappa shape index (κ1) is 37.9. The Hall–Kier alpha value is -3.92. The molecule has 1 spiro atoms. The average molecular weight is 694 g/mol. The van der Waals surface area contributed by atoms with Crippen molar-refractivity contribution in [3.05, 3.63) is 35.1 Å². The highest BCUT2D eigenvalue weighted by Crippen LogP contribution is 2.50. The number of quaternary nitrogens is 1. The summed E-state index contributed by atoms with van der Waals surface area (Å²) in [5.74, 6) is -3.14. The molecule has 1 unspecified atom stereocenters. The molecule has 3 heterocycles. The van der Waals surface area contributed by atoms with Crippen molar-refractivity contribution in [1.82, 2.24) is 0 Å². The maximum Gasteiger partial charge on any atom is 0.339 e. The van der Waals surface area contributed by atoms with Gasteiger partial charge >= 0.3 is 17.9 Å². The van der Waals surface area contributed by atoms with Gasteiger partial charge < -0.3 is 58.9 Å². The van der Waals surface area contributed by atoms with Crippen molar-refractivity contribution in [3.8, 4) is 11.5 Å². The second-order valence-corrected chi connectivity index (χ2v) is 14.0. The van der Waals surface area contributed by atoms with Gasteiger partial charge in [-0.15, -0.1) is 0 Å². The molecule has 0 aromatic heterocycles. The minimum Gasteiger partial charge on any atom is -0.547 e. The summed E-state index contributed by atoms with van der Waals surface area (Å²) in [6, 6.07) is 4.03. The van der Waals surface area contributed by atoms with Crippen molar-refractivity contribution >= 4 is 23.9 Å². The van der Waals surface area contributed by atoms with E-state index in [2.05, 4.69) is 6.08 Å². The molecule has 6 atom stereocenters. The van der Waals surface area contributed by atoms with Gasteiger partial charge in [-0.05, 0) is 63.3 Å². The Morgan fingerprint density at radius 3 is 2.27 bits per heavy atom. The minimum atomic E-state index is -2.27. The van der Waals surface area contributed by atoms with E-state index in [4.69, 9.17) is 33.9 Å². The van der Waals surface area contributed by atoms with Crippen LogP contribution in [0.25, 0.3) is 0 Å². The molecule has 0 amide bonds. The number of carbonyl (C=O) groups excluding carboxylic acids is 3. The lowest BCUT2D eigenvalue weighted by atomic mass is 9.77. The molecular formula is C34H47NO14. The molecule has 15 heteroatoms. The van der Waals surface area contributed by atoms with Crippen LogP contribution in [0.3, 0.4) is 0 Å². The predicted octanol–water partition coefficient (Wildman–Crippen LogP) is -0.874. The first-order valence-electron chi connectivity index (χ1n) is 16.3. The fraction of sp³-hybridized carbons (Fsp3) is 0.647. The Labute approximate surface area is 284 Å². The molecule has 1 saturated heterocycles. The van der Waals surface area contributed by atoms with Crippen LogP contribution in [-0.2, 0) is 39.8 Å². The zero-order valence-electron chi connectivity index (χ0n) is 28.5. The van der Waals surface area contributed by atoms with Crippen LogP contribution < -0.4 is 19.5 Å². The summed E-state index contributed by atoms with van der Waals surface area (Å²) >= 11 is 0. The summed E-state index contributed by atoms with van der Waals surface area (Å²) < 4.78 is 28.1. The standard InChI is InChI=1S/C29H39NO9.C5H8O5/c1-27(2,33)8-5-10-29(34,16-23(31)36-4)26(32)39-25-22(35-3)15-28-9-6-11-30(28)12-7-18-13-20-21(38-17-37-20)14-19(18)24(25)28;1-5(10,4(8)9)2-3(6)7/h13-15,24-25,33-34H,5-12,16-17H2,1-4H3;10H,2H2,1H3,(H,6,7)(H,8,9)/t24-,25-,28+,29+;5-/m10/s1. The second-order valence-electron chi connectivity index (χ2n) is 14.0. The predicted molar refractivity (Wildman–Crippen MR) is 166 cm³/mol. The molecular weight excluding hydrogens is 646 g/mol. The third-order valence-corrected chi connectivity index (χ3v) is 9.76. The van der Waals surface area contributed by atoms with Crippen molar-refractivity contribution < 1.29 is 73.3 Å². The normalized spacial score (nSPS) is 25.8. The van der Waals surface area contributed by atoms with E-state index in [-0.39, 0.29) is 24.7 Å². The number of esters is 2. The summed E-state index contributed by atoms with van der Waals surface area (Å²) in [6.45, 7) is 6.26. The molecule has 1 aromatic rings. The number of carboxylic acid groups (broad SMARTS) is 2. The summed E-state index contributed by atoms with van der Waals surface area (Å²) in [7, 11) is 2.77. The maximum atomic E-state index is 13.8. The van der Waals surface area contributed by atoms with E-state index in [1.54, 1.807) is 21.0 Å². The molecule has 272 valence electrons. The van der Waals surface area contributed by atoms with Crippen molar-refractivity contribution in [2.24, 2.45) is 0 Å². The molecule has 0 radical (unpaired) electrons. The van der Waals surface area contributed by atoms with E-state index < -0.39 is 59.6 Å². The Balaban J connectivity index is 0.000000471. The number of hydrogen-bond donors (Lipinski definition) is 5. The number of methoxy groups -OCH3 is 2. The number of benzene rings is 1. The molecule has 15 nitrogen and oxygen atoms in total. The lowest BCUT2D eigenvalue weighted by Crippen LogP contribution is -3.18. The smallest absolute Gasteiger partial charge is 0.339 e. The number of fused-ring (bicyclic) bond motifs is 3. The van der Waals surface area contributed by atoms with Gasteiger partial charge in [0.15, 0.2) is 23.2 Å². The highest BCUT2D eigenvalue weighted by Gasteiger charge is 2.62. The molecule has 1 aromatic carbocycles. The van der Waals surface area contributed by atoms with Crippen LogP contribution in [0.15, 0.2) is 24.0 Å². The van der Waals surface area contributed by atoms with Crippen molar-refractivity contribution in [1.29, 1.82) is 0 Å². The number of aliphatic hydroxyl groups is 3. The van der Waals surface area contributed by atoms with Crippen LogP contribution in [0.4, 0.5) is 0 Å². The average Bonchev–Trinajstić information content (AvgIpc) is 3.69. The van der Waals surface area contributed by atoms with E-state index in [0.717, 1.165) is 50.4 Å². The number of nitrogens with one attached hydrogen (secondary N) is 1. The highest BCUT2D eigenvalue weighted by atomic mass is 16.7. The zero-order valence-corrected chi connectivity index (χ0v) is 28.5. The molecule has 49 heavy (non-hydrogen) atoms. The maximum absolute atomic E-state index is 13.8. The molecule has 1 fully saturated rings. The number of carboxylic acids is 2. The Kier molecular flexibility index (Phi) is 11.2. The second kappa shape index (κ2) is 14.5. The first-order chi connectivity index (χ1) is 22.9. The third-order valence-electron chi connectivity index (χ3n) is 9.76. The largest absolute Gasteiger partial charge is 0.547 e. The van der Waals surface area contributed by atoms with Crippen LogP contribution in [0.2, 0.25) is 0 Å². The highest BCUT2D eigenvalue weighted by molar-refractivity contribution is 5.86. The number of rotatable bonds is 12. The molecule has 0 bridgehead atoms. The Bertz CT molecular complexity index is 1470. The first-order valence-corrected chi connectivity index (χ1v) is 16.3. The summed E-state index contributed by atoms with van der Waals surface area (Å²) in [4.78, 5) is 47.2. The molecule has 3 aliphatic heterocycles. The lowest BCUT2D eigenvalue weighted by Gasteiger charge is -2.37. The molecule has 4 aliphatic rings. The third kappa shape index (κ3) is 8.28. The quantitative estimate of drug-likeness (QED) is 0.168. The molecule has 1 aliphatic carbocycles. The fourth-order valence-electron chi connectivity index (χ4n) is 7.28. The number of aliphatic carboxylic acids is 2. The van der Waals surface area contributed by atoms with Crippen LogP contribution >= 0.6 is 0 Å². The van der Waals surface area contributed by atoms with E-state index >= 15 is 0 Å². The zero-order chi connectivity index (χ0) is 36.4. The Morgan fingerprint density at radius 1 is 1.02 bits per heavy atom. The number of hydrogen-bond acceptors (Lipinski definition) is 13. The molecule has 5 rings (SSSR count). The van der Waals surface area contributed by atoms with E-state index in [9.17, 15) is 34.5 Å². The van der Waals surface area contributed by atoms with Crippen LogP contribution in [0.5, 0.6) is 11.5 Å². The number of ether oxygens (including phenoxy) is 5. The van der Waals surface area contributed by atoms with Crippen molar-refractivity contribution in [3.63, 3.8) is 0 Å². The van der Waals surface area contributed by atoms with Gasteiger partial charge in [0, 0.05) is 25.3 Å². The monoisotopic (exact) mass is 693 g/mol. The van der Waals surface area contributed by atoms with Gasteiger partial charge in [-0.2, -0.15) is 0 Å². The summed E-state index contributed by atoms with van der Waals surface area (Å²) in [6.07, 6.45) is 3.28. The minimum absolute atomic E-state index is 0.0634. The van der Waals surface area contributed by atoms with Crippen molar-refractivity contribution in [2.75, 3.05) is 34.1 Å². The summed E-state index contributed by atoms with van der Waals surface area (Å²) in [5.41, 5.74) is -3.56. The van der Waals surface area contributed by atoms with Gasteiger partial charge in [-0.25, -0.2) is 4.79 Å². The van der Waals surface area contributed by atoms with Gasteiger partial charge in [0.2, 0.25) is 6.79 Å². The lowest BCUT2D eigenvalue weighted by molar-refractivity contribution is -0.932.